The maximum atomic E-state index is 11.7. The van der Waals surface area contributed by atoms with E-state index in [0.29, 0.717) is 23.7 Å². The van der Waals surface area contributed by atoms with Crippen LogP contribution >= 0.6 is 11.6 Å². The molecule has 0 saturated carbocycles. The fraction of sp³-hybridized carbons (Fsp3) is 0.143. The number of aromatic hydroxyl groups is 1. The van der Waals surface area contributed by atoms with Gasteiger partial charge in [-0.3, -0.25) is 4.79 Å². The van der Waals surface area contributed by atoms with E-state index in [4.69, 9.17) is 16.7 Å². The lowest BCUT2D eigenvalue weighted by Gasteiger charge is -2.05. The van der Waals surface area contributed by atoms with Crippen LogP contribution in [-0.2, 0) is 6.42 Å². The Hall–Kier alpha value is -2.07. The van der Waals surface area contributed by atoms with E-state index in [9.17, 15) is 4.79 Å². The molecule has 0 bridgehead atoms. The van der Waals surface area contributed by atoms with Crippen molar-refractivity contribution in [2.24, 2.45) is 0 Å². The molecule has 5 heteroatoms. The Balaban J connectivity index is 1.84. The first kappa shape index (κ1) is 13.4. The molecule has 0 fully saturated rings. The zero-order valence-corrected chi connectivity index (χ0v) is 10.9. The number of pyridine rings is 1. The molecule has 4 nitrogen and oxygen atoms in total. The molecule has 2 N–H and O–H groups in total. The highest BCUT2D eigenvalue weighted by molar-refractivity contribution is 6.30. The Labute approximate surface area is 116 Å². The minimum absolute atomic E-state index is 0.226. The Bertz CT molecular complexity index is 553. The summed E-state index contributed by atoms with van der Waals surface area (Å²) in [7, 11) is 0. The molecule has 1 heterocycles. The molecule has 0 aliphatic heterocycles. The van der Waals surface area contributed by atoms with E-state index < -0.39 is 0 Å². The molecule has 19 heavy (non-hydrogen) atoms. The minimum Gasteiger partial charge on any atom is -0.508 e. The second-order valence-corrected chi connectivity index (χ2v) is 4.47. The fourth-order valence-electron chi connectivity index (χ4n) is 1.58. The lowest BCUT2D eigenvalue weighted by molar-refractivity contribution is 0.0949. The summed E-state index contributed by atoms with van der Waals surface area (Å²) in [5.41, 5.74) is 1.39. The van der Waals surface area contributed by atoms with Crippen LogP contribution in [0, 0.1) is 0 Å². The second-order valence-electron chi connectivity index (χ2n) is 4.03. The van der Waals surface area contributed by atoms with Gasteiger partial charge in [-0.25, -0.2) is 4.98 Å². The number of phenolic OH excluding ortho intramolecular Hbond substituents is 1. The minimum atomic E-state index is -0.226. The van der Waals surface area contributed by atoms with Crippen LogP contribution in [0.2, 0.25) is 5.02 Å². The molecular weight excluding hydrogens is 264 g/mol. The van der Waals surface area contributed by atoms with Crippen LogP contribution in [0.4, 0.5) is 0 Å². The third-order valence-electron chi connectivity index (χ3n) is 2.60. The van der Waals surface area contributed by atoms with Crippen molar-refractivity contribution < 1.29 is 9.90 Å². The van der Waals surface area contributed by atoms with Crippen LogP contribution in [0.3, 0.4) is 0 Å². The monoisotopic (exact) mass is 276 g/mol. The molecule has 2 aromatic rings. The highest BCUT2D eigenvalue weighted by Crippen LogP contribution is 2.10. The summed E-state index contributed by atoms with van der Waals surface area (Å²) >= 11 is 5.70. The molecule has 2 rings (SSSR count). The highest BCUT2D eigenvalue weighted by atomic mass is 35.5. The van der Waals surface area contributed by atoms with Crippen molar-refractivity contribution in [3.05, 3.63) is 58.9 Å². The van der Waals surface area contributed by atoms with Crippen molar-refractivity contribution in [3.8, 4) is 5.75 Å². The Morgan fingerprint density at radius 1 is 1.21 bits per heavy atom. The SMILES string of the molecule is O=C(NCCc1ccc(O)cc1)c1ccc(Cl)cn1. The first-order valence-corrected chi connectivity index (χ1v) is 6.20. The quantitative estimate of drug-likeness (QED) is 0.901. The van der Waals surface area contributed by atoms with Gasteiger partial charge in [-0.1, -0.05) is 23.7 Å². The highest BCUT2D eigenvalue weighted by Gasteiger charge is 2.05. The third-order valence-corrected chi connectivity index (χ3v) is 2.82. The Morgan fingerprint density at radius 2 is 1.95 bits per heavy atom. The molecule has 0 unspecified atom stereocenters. The van der Waals surface area contributed by atoms with Crippen molar-refractivity contribution >= 4 is 17.5 Å². The maximum absolute atomic E-state index is 11.7. The van der Waals surface area contributed by atoms with Gasteiger partial charge in [-0.15, -0.1) is 0 Å². The van der Waals surface area contributed by atoms with Gasteiger partial charge in [0.05, 0.1) is 5.02 Å². The van der Waals surface area contributed by atoms with E-state index in [0.717, 1.165) is 5.56 Å². The number of phenols is 1. The van der Waals surface area contributed by atoms with E-state index in [1.54, 1.807) is 24.3 Å². The van der Waals surface area contributed by atoms with Crippen molar-refractivity contribution in [1.29, 1.82) is 0 Å². The fourth-order valence-corrected chi connectivity index (χ4v) is 1.70. The number of hydrogen-bond donors (Lipinski definition) is 2. The Morgan fingerprint density at radius 3 is 2.58 bits per heavy atom. The molecule has 0 saturated heterocycles. The zero-order chi connectivity index (χ0) is 13.7. The number of hydrogen-bond acceptors (Lipinski definition) is 3. The molecule has 0 aliphatic carbocycles. The summed E-state index contributed by atoms with van der Waals surface area (Å²) < 4.78 is 0. The zero-order valence-electron chi connectivity index (χ0n) is 10.1. The van der Waals surface area contributed by atoms with Gasteiger partial charge in [0.15, 0.2) is 0 Å². The second kappa shape index (κ2) is 6.20. The van der Waals surface area contributed by atoms with Gasteiger partial charge in [-0.2, -0.15) is 0 Å². The van der Waals surface area contributed by atoms with Gasteiger partial charge in [0.2, 0.25) is 0 Å². The van der Waals surface area contributed by atoms with Crippen LogP contribution in [0.5, 0.6) is 5.75 Å². The maximum Gasteiger partial charge on any atom is 0.269 e. The number of carbonyl (C=O) groups is 1. The van der Waals surface area contributed by atoms with Gasteiger partial charge in [0, 0.05) is 12.7 Å². The summed E-state index contributed by atoms with van der Waals surface area (Å²) in [4.78, 5) is 15.7. The standard InChI is InChI=1S/C14H13ClN2O2/c15-11-3-6-13(17-9-11)14(19)16-8-7-10-1-4-12(18)5-2-10/h1-6,9,18H,7-8H2,(H,16,19). The number of nitrogens with one attached hydrogen (secondary N) is 1. The first-order chi connectivity index (χ1) is 9.15. The molecule has 1 amide bonds. The molecule has 1 aromatic heterocycles. The Kier molecular flexibility index (Phi) is 4.36. The van der Waals surface area contributed by atoms with Crippen molar-refractivity contribution in [3.63, 3.8) is 0 Å². The van der Waals surface area contributed by atoms with Crippen molar-refractivity contribution in [1.82, 2.24) is 10.3 Å². The van der Waals surface area contributed by atoms with Crippen LogP contribution in [0.1, 0.15) is 16.1 Å². The van der Waals surface area contributed by atoms with E-state index in [2.05, 4.69) is 10.3 Å². The molecule has 0 atom stereocenters. The number of aromatic nitrogens is 1. The molecule has 0 spiro atoms. The topological polar surface area (TPSA) is 62.2 Å². The van der Waals surface area contributed by atoms with Gasteiger partial charge < -0.3 is 10.4 Å². The smallest absolute Gasteiger partial charge is 0.269 e. The van der Waals surface area contributed by atoms with E-state index in [-0.39, 0.29) is 11.7 Å². The van der Waals surface area contributed by atoms with Crippen molar-refractivity contribution in [2.45, 2.75) is 6.42 Å². The first-order valence-electron chi connectivity index (χ1n) is 5.83. The number of carbonyl (C=O) groups excluding carboxylic acids is 1. The number of amides is 1. The summed E-state index contributed by atoms with van der Waals surface area (Å²) in [6.45, 7) is 0.508. The van der Waals surface area contributed by atoms with Crippen molar-refractivity contribution in [2.75, 3.05) is 6.54 Å². The number of halogens is 1. The summed E-state index contributed by atoms with van der Waals surface area (Å²) in [6.07, 6.45) is 2.13. The molecular formula is C14H13ClN2O2. The van der Waals surface area contributed by atoms with Gasteiger partial charge in [0.25, 0.3) is 5.91 Å². The van der Waals surface area contributed by atoms with E-state index in [1.165, 1.54) is 6.20 Å². The number of nitrogens with zero attached hydrogens (tertiary/aromatic N) is 1. The molecule has 0 radical (unpaired) electrons. The van der Waals surface area contributed by atoms with E-state index in [1.807, 2.05) is 12.1 Å². The van der Waals surface area contributed by atoms with Crippen LogP contribution in [-0.4, -0.2) is 22.5 Å². The van der Waals surface area contributed by atoms with E-state index >= 15 is 0 Å². The lowest BCUT2D eigenvalue weighted by Crippen LogP contribution is -2.26. The number of benzene rings is 1. The molecule has 1 aromatic carbocycles. The average molecular weight is 277 g/mol. The van der Waals surface area contributed by atoms with Crippen LogP contribution < -0.4 is 5.32 Å². The van der Waals surface area contributed by atoms with Gasteiger partial charge in [-0.05, 0) is 36.2 Å². The largest absolute Gasteiger partial charge is 0.508 e. The van der Waals surface area contributed by atoms with Gasteiger partial charge in [0.1, 0.15) is 11.4 Å². The normalized spacial score (nSPS) is 10.2. The average Bonchev–Trinajstić information content (AvgIpc) is 2.41. The van der Waals surface area contributed by atoms with Crippen LogP contribution in [0.25, 0.3) is 0 Å². The lowest BCUT2D eigenvalue weighted by atomic mass is 10.1. The summed E-state index contributed by atoms with van der Waals surface area (Å²) in [6, 6.07) is 10.1. The molecule has 0 aliphatic rings. The number of rotatable bonds is 4. The summed E-state index contributed by atoms with van der Waals surface area (Å²) in [5.74, 6) is 0.00796. The summed E-state index contributed by atoms with van der Waals surface area (Å²) in [5, 5.41) is 12.4. The molecule has 98 valence electrons. The van der Waals surface area contributed by atoms with Crippen LogP contribution in [0.15, 0.2) is 42.6 Å². The predicted octanol–water partition coefficient (Wildman–Crippen LogP) is 2.41. The predicted molar refractivity (Wildman–Crippen MR) is 73.4 cm³/mol. The third kappa shape index (κ3) is 3.96. The van der Waals surface area contributed by atoms with Gasteiger partial charge >= 0.3 is 0 Å².